The van der Waals surface area contributed by atoms with Gasteiger partial charge in [-0.2, -0.15) is 0 Å². The second-order valence-corrected chi connectivity index (χ2v) is 32.1. The highest BCUT2D eigenvalue weighted by Gasteiger charge is 2.30. The Bertz CT molecular complexity index is 1890. The Morgan fingerprint density at radius 3 is 0.776 bits per heavy atom. The number of rotatable bonds is 78. The molecule has 0 saturated carbocycles. The van der Waals surface area contributed by atoms with E-state index in [1.807, 2.05) is 0 Å². The average Bonchev–Trinajstić information content (AvgIpc) is 1.13. The van der Waals surface area contributed by atoms with Gasteiger partial charge in [-0.05, 0) is 37.5 Å². The van der Waals surface area contributed by atoms with Gasteiger partial charge < -0.3 is 33.8 Å². The smallest absolute Gasteiger partial charge is 0.462 e. The topological polar surface area (TPSA) is 237 Å². The number of aliphatic hydroxyl groups is 1. The van der Waals surface area contributed by atoms with E-state index in [2.05, 4.69) is 41.5 Å². The molecule has 0 radical (unpaired) electrons. The maximum atomic E-state index is 13.1. The molecule has 0 saturated heterocycles. The minimum Gasteiger partial charge on any atom is -0.462 e. The van der Waals surface area contributed by atoms with Crippen LogP contribution < -0.4 is 0 Å². The number of phosphoric ester groups is 2. The molecule has 17 nitrogen and oxygen atoms in total. The quantitative estimate of drug-likeness (QED) is 0.0222. The van der Waals surface area contributed by atoms with E-state index in [4.69, 9.17) is 37.0 Å². The molecule has 0 aromatic rings. The summed E-state index contributed by atoms with van der Waals surface area (Å²) in [5, 5.41) is 10.6. The van der Waals surface area contributed by atoms with Crippen LogP contribution in [0.5, 0.6) is 0 Å². The normalized spacial score (nSPS) is 14.2. The van der Waals surface area contributed by atoms with Crippen LogP contribution in [0.1, 0.15) is 414 Å². The van der Waals surface area contributed by atoms with Crippen LogP contribution >= 0.6 is 15.6 Å². The number of hydrogen-bond acceptors (Lipinski definition) is 15. The van der Waals surface area contributed by atoms with Gasteiger partial charge in [-0.1, -0.05) is 363 Å². The second-order valence-electron chi connectivity index (χ2n) is 29.2. The summed E-state index contributed by atoms with van der Waals surface area (Å²) in [6.07, 6.45) is 59.6. The fraction of sp³-hybridized carbons (Fsp3) is 0.949. The van der Waals surface area contributed by atoms with Crippen molar-refractivity contribution in [1.29, 1.82) is 0 Å². The fourth-order valence-electron chi connectivity index (χ4n) is 12.2. The van der Waals surface area contributed by atoms with Crippen LogP contribution in [-0.4, -0.2) is 96.7 Å². The Morgan fingerprint density at radius 1 is 0.296 bits per heavy atom. The summed E-state index contributed by atoms with van der Waals surface area (Å²) in [6.45, 7) is 9.62. The van der Waals surface area contributed by atoms with Crippen LogP contribution in [0.25, 0.3) is 0 Å². The van der Waals surface area contributed by atoms with Gasteiger partial charge in [0.1, 0.15) is 19.3 Å². The molecule has 0 aliphatic rings. The van der Waals surface area contributed by atoms with Gasteiger partial charge in [0.2, 0.25) is 0 Å². The van der Waals surface area contributed by atoms with E-state index >= 15 is 0 Å². The Hall–Kier alpha value is -1.94. The van der Waals surface area contributed by atoms with Crippen molar-refractivity contribution in [2.24, 2.45) is 11.8 Å². The molecule has 0 aliphatic heterocycles. The van der Waals surface area contributed by atoms with E-state index < -0.39 is 97.5 Å². The highest BCUT2D eigenvalue weighted by Crippen LogP contribution is 2.45. The van der Waals surface area contributed by atoms with E-state index in [1.54, 1.807) is 0 Å². The Labute approximate surface area is 600 Å². The Balaban J connectivity index is 5.25. The first kappa shape index (κ1) is 96.1. The van der Waals surface area contributed by atoms with Crippen molar-refractivity contribution in [3.05, 3.63) is 0 Å². The summed E-state index contributed by atoms with van der Waals surface area (Å²) in [4.78, 5) is 73.0. The van der Waals surface area contributed by atoms with Crippen LogP contribution in [0.15, 0.2) is 0 Å². The minimum absolute atomic E-state index is 0.107. The molecule has 0 aliphatic carbocycles. The highest BCUT2D eigenvalue weighted by atomic mass is 31.2. The number of ether oxygens (including phenoxy) is 4. The van der Waals surface area contributed by atoms with Gasteiger partial charge in [0.05, 0.1) is 26.4 Å². The number of aliphatic hydroxyl groups excluding tert-OH is 1. The first-order chi connectivity index (χ1) is 47.4. The van der Waals surface area contributed by atoms with Gasteiger partial charge in [-0.15, -0.1) is 0 Å². The Kier molecular flexibility index (Phi) is 69.3. The zero-order chi connectivity index (χ0) is 72.1. The third kappa shape index (κ3) is 71.1. The number of carbonyl (C=O) groups is 4. The molecule has 6 atom stereocenters. The standard InChI is InChI=1S/C79H154O17P2/c1-7-10-12-14-16-18-20-22-24-25-26-27-28-30-32-38-46-52-58-64-79(84)95-74(67-89-76(81)61-55-49-43-36-34-33-35-42-48-54-60-72(6)9-3)69-93-97(85,86)91-65-73(80)66-92-98(87,88)94-70-75(68-90-77(82)62-56-50-44-40-39-41-47-53-59-71(4)5)96-78(83)63-57-51-45-37-31-29-23-21-19-17-15-13-11-8-2/h71-75,80H,7-70H2,1-6H3,(H,85,86)(H,87,88)/t72?,73-,74-,75-/m1/s1. The summed E-state index contributed by atoms with van der Waals surface area (Å²) in [7, 11) is -9.92. The molecule has 3 unspecified atom stereocenters. The molecule has 0 amide bonds. The predicted molar refractivity (Wildman–Crippen MR) is 400 cm³/mol. The highest BCUT2D eigenvalue weighted by molar-refractivity contribution is 7.47. The zero-order valence-corrected chi connectivity index (χ0v) is 65.9. The van der Waals surface area contributed by atoms with E-state index in [1.165, 1.54) is 231 Å². The van der Waals surface area contributed by atoms with Gasteiger partial charge in [0, 0.05) is 25.7 Å². The Morgan fingerprint density at radius 2 is 0.520 bits per heavy atom. The summed E-state index contributed by atoms with van der Waals surface area (Å²) >= 11 is 0. The molecule has 0 heterocycles. The van der Waals surface area contributed by atoms with Gasteiger partial charge in [-0.25, -0.2) is 9.13 Å². The number of esters is 4. The monoisotopic (exact) mass is 1440 g/mol. The van der Waals surface area contributed by atoms with Crippen molar-refractivity contribution >= 4 is 39.5 Å². The molecular formula is C79H154O17P2. The second kappa shape index (κ2) is 70.7. The lowest BCUT2D eigenvalue weighted by molar-refractivity contribution is -0.161. The number of hydrogen-bond donors (Lipinski definition) is 3. The lowest BCUT2D eigenvalue weighted by atomic mass is 9.99. The van der Waals surface area contributed by atoms with Gasteiger partial charge >= 0.3 is 39.5 Å². The molecule has 0 aromatic carbocycles. The lowest BCUT2D eigenvalue weighted by Crippen LogP contribution is -2.30. The number of phosphoric acid groups is 2. The maximum Gasteiger partial charge on any atom is 0.472 e. The van der Waals surface area contributed by atoms with Crippen LogP contribution in [0.3, 0.4) is 0 Å². The van der Waals surface area contributed by atoms with Gasteiger partial charge in [0.25, 0.3) is 0 Å². The summed E-state index contributed by atoms with van der Waals surface area (Å²) in [6, 6.07) is 0. The molecule has 0 fully saturated rings. The zero-order valence-electron chi connectivity index (χ0n) is 64.1. The summed E-state index contributed by atoms with van der Waals surface area (Å²) in [5.74, 6) is -0.575. The minimum atomic E-state index is -4.96. The van der Waals surface area contributed by atoms with Gasteiger partial charge in [0.15, 0.2) is 12.2 Å². The largest absolute Gasteiger partial charge is 0.472 e. The molecule has 0 spiro atoms. The maximum absolute atomic E-state index is 13.1. The molecular weight excluding hydrogens is 1280 g/mol. The van der Waals surface area contributed by atoms with Crippen LogP contribution in [0.4, 0.5) is 0 Å². The average molecular weight is 1440 g/mol. The molecule has 3 N–H and O–H groups in total. The molecule has 0 aromatic heterocycles. The fourth-order valence-corrected chi connectivity index (χ4v) is 13.7. The van der Waals surface area contributed by atoms with Gasteiger partial charge in [-0.3, -0.25) is 37.3 Å². The third-order valence-electron chi connectivity index (χ3n) is 18.8. The van der Waals surface area contributed by atoms with Crippen LogP contribution in [-0.2, 0) is 65.4 Å². The van der Waals surface area contributed by atoms with Crippen molar-refractivity contribution in [3.8, 4) is 0 Å². The molecule has 582 valence electrons. The van der Waals surface area contributed by atoms with E-state index in [-0.39, 0.29) is 25.7 Å². The van der Waals surface area contributed by atoms with Crippen molar-refractivity contribution in [3.63, 3.8) is 0 Å². The SMILES string of the molecule is CCCCCCCCCCCCCCCCCCCCCC(=O)O[C@H](COC(=O)CCCCCCCCCCCCC(C)CC)COP(=O)(O)OC[C@@H](O)COP(=O)(O)OC[C@@H](COC(=O)CCCCCCCCCCC(C)C)OC(=O)CCCCCCCCCCCCCCCC. The summed E-state index contributed by atoms with van der Waals surface area (Å²) < 4.78 is 68.7. The van der Waals surface area contributed by atoms with Crippen molar-refractivity contribution < 1.29 is 80.2 Å². The predicted octanol–water partition coefficient (Wildman–Crippen LogP) is 23.5. The number of carbonyl (C=O) groups excluding carboxylic acids is 4. The molecule has 19 heteroatoms. The van der Waals surface area contributed by atoms with E-state index in [0.29, 0.717) is 25.7 Å². The third-order valence-corrected chi connectivity index (χ3v) is 20.7. The van der Waals surface area contributed by atoms with Crippen molar-refractivity contribution in [2.45, 2.75) is 432 Å². The van der Waals surface area contributed by atoms with Crippen molar-refractivity contribution in [1.82, 2.24) is 0 Å². The van der Waals surface area contributed by atoms with E-state index in [9.17, 15) is 43.2 Å². The summed E-state index contributed by atoms with van der Waals surface area (Å²) in [5.41, 5.74) is 0. The molecule has 0 bridgehead atoms. The first-order valence-electron chi connectivity index (χ1n) is 41.0. The van der Waals surface area contributed by atoms with Crippen LogP contribution in [0, 0.1) is 11.8 Å². The lowest BCUT2D eigenvalue weighted by Gasteiger charge is -2.21. The molecule has 98 heavy (non-hydrogen) atoms. The van der Waals surface area contributed by atoms with Crippen molar-refractivity contribution in [2.75, 3.05) is 39.6 Å². The van der Waals surface area contributed by atoms with Crippen LogP contribution in [0.2, 0.25) is 0 Å². The van der Waals surface area contributed by atoms with E-state index in [0.717, 1.165) is 102 Å². The number of unbranched alkanes of at least 4 members (excludes halogenated alkanes) is 47. The molecule has 0 rings (SSSR count). The first-order valence-corrected chi connectivity index (χ1v) is 44.0.